The van der Waals surface area contributed by atoms with Crippen LogP contribution in [-0.2, 0) is 7.05 Å². The van der Waals surface area contributed by atoms with Crippen molar-refractivity contribution in [2.45, 2.75) is 0 Å². The smallest absolute Gasteiger partial charge is 0.272 e. The van der Waals surface area contributed by atoms with E-state index in [2.05, 4.69) is 15.5 Å². The fourth-order valence-corrected chi connectivity index (χ4v) is 3.04. The first-order valence-corrected chi connectivity index (χ1v) is 8.55. The van der Waals surface area contributed by atoms with E-state index in [1.54, 1.807) is 23.9 Å². The van der Waals surface area contributed by atoms with E-state index in [0.717, 1.165) is 27.8 Å². The van der Waals surface area contributed by atoms with E-state index in [-0.39, 0.29) is 5.91 Å². The van der Waals surface area contributed by atoms with Gasteiger partial charge in [0.05, 0.1) is 16.9 Å². The van der Waals surface area contributed by atoms with Crippen LogP contribution in [0.3, 0.4) is 0 Å². The second kappa shape index (κ2) is 6.84. The Labute approximate surface area is 156 Å². The summed E-state index contributed by atoms with van der Waals surface area (Å²) in [5.41, 5.74) is 10.3. The number of rotatable bonds is 4. The van der Waals surface area contributed by atoms with Crippen molar-refractivity contribution in [2.24, 2.45) is 7.05 Å². The number of fused-ring (bicyclic) bond motifs is 1. The molecule has 0 atom stereocenters. The molecule has 0 aliphatic carbocycles. The fraction of sp³-hybridized carbons (Fsp3) is 0.0476. The van der Waals surface area contributed by atoms with E-state index >= 15 is 0 Å². The van der Waals surface area contributed by atoms with Gasteiger partial charge in [-0.25, -0.2) is 0 Å². The summed E-state index contributed by atoms with van der Waals surface area (Å²) in [6, 6.07) is 17.2. The number of carbonyl (C=O) groups excluding carboxylic acids is 1. The van der Waals surface area contributed by atoms with Crippen LogP contribution in [0.4, 0.5) is 11.4 Å². The van der Waals surface area contributed by atoms with Crippen LogP contribution in [-0.4, -0.2) is 20.7 Å². The summed E-state index contributed by atoms with van der Waals surface area (Å²) in [5, 5.41) is 11.4. The molecule has 6 heteroatoms. The molecule has 4 aromatic rings. The molecular formula is C21H19N5O. The number of nitrogens with zero attached hydrogens (tertiary/aromatic N) is 2. The molecule has 2 heterocycles. The number of hydrogen-bond acceptors (Lipinski definition) is 3. The van der Waals surface area contributed by atoms with Crippen molar-refractivity contribution in [1.29, 1.82) is 0 Å². The molecule has 0 radical (unpaired) electrons. The van der Waals surface area contributed by atoms with Gasteiger partial charge in [-0.3, -0.25) is 9.89 Å². The zero-order chi connectivity index (χ0) is 18.8. The van der Waals surface area contributed by atoms with E-state index in [4.69, 9.17) is 5.73 Å². The van der Waals surface area contributed by atoms with E-state index < -0.39 is 0 Å². The van der Waals surface area contributed by atoms with Gasteiger partial charge in [0.1, 0.15) is 5.69 Å². The number of para-hydroxylation sites is 2. The lowest BCUT2D eigenvalue weighted by molar-refractivity contribution is 0.101. The fourth-order valence-electron chi connectivity index (χ4n) is 3.04. The van der Waals surface area contributed by atoms with Gasteiger partial charge in [-0.2, -0.15) is 5.10 Å². The van der Waals surface area contributed by atoms with Crippen molar-refractivity contribution >= 4 is 40.3 Å². The highest BCUT2D eigenvalue weighted by molar-refractivity contribution is 6.05. The van der Waals surface area contributed by atoms with Gasteiger partial charge in [0.2, 0.25) is 0 Å². The molecule has 0 bridgehead atoms. The van der Waals surface area contributed by atoms with E-state index in [0.29, 0.717) is 11.4 Å². The zero-order valence-electron chi connectivity index (χ0n) is 14.8. The third-order valence-corrected chi connectivity index (χ3v) is 4.39. The number of carbonyl (C=O) groups is 1. The van der Waals surface area contributed by atoms with Gasteiger partial charge < -0.3 is 15.6 Å². The highest BCUT2D eigenvalue weighted by atomic mass is 16.1. The molecule has 0 unspecified atom stereocenters. The number of anilines is 2. The van der Waals surface area contributed by atoms with Gasteiger partial charge in [-0.15, -0.1) is 0 Å². The number of aromatic amines is 1. The first kappa shape index (κ1) is 16.7. The summed E-state index contributed by atoms with van der Waals surface area (Å²) in [4.78, 5) is 12.6. The Hall–Kier alpha value is -3.80. The predicted molar refractivity (Wildman–Crippen MR) is 109 cm³/mol. The van der Waals surface area contributed by atoms with Crippen LogP contribution in [0.25, 0.3) is 23.1 Å². The van der Waals surface area contributed by atoms with E-state index in [1.165, 1.54) is 0 Å². The molecule has 0 saturated carbocycles. The van der Waals surface area contributed by atoms with Crippen molar-refractivity contribution in [3.05, 3.63) is 77.7 Å². The summed E-state index contributed by atoms with van der Waals surface area (Å²) >= 11 is 0. The summed E-state index contributed by atoms with van der Waals surface area (Å²) in [7, 11) is 1.79. The van der Waals surface area contributed by atoms with Crippen LogP contribution < -0.4 is 11.1 Å². The van der Waals surface area contributed by atoms with Crippen LogP contribution >= 0.6 is 0 Å². The molecule has 27 heavy (non-hydrogen) atoms. The molecule has 1 amide bonds. The quantitative estimate of drug-likeness (QED) is 0.517. The van der Waals surface area contributed by atoms with Gasteiger partial charge in [-0.05, 0) is 29.8 Å². The lowest BCUT2D eigenvalue weighted by Crippen LogP contribution is -2.15. The molecule has 0 fully saturated rings. The SMILES string of the molecule is Cn1cc(N)cc1C(=O)Nc1ccccc1C=Cc1n[nH]c2ccccc12. The molecule has 4 rings (SSSR count). The standard InChI is InChI=1S/C21H19N5O/c1-26-13-15(22)12-20(26)21(27)23-17-8-4-2-6-14(17)10-11-19-16-7-3-5-9-18(16)24-25-19/h2-13H,22H2,1H3,(H,23,27)(H,24,25). The Morgan fingerprint density at radius 3 is 2.74 bits per heavy atom. The minimum Gasteiger partial charge on any atom is -0.397 e. The number of hydrogen-bond donors (Lipinski definition) is 3. The number of aromatic nitrogens is 3. The maximum atomic E-state index is 12.6. The third-order valence-electron chi connectivity index (χ3n) is 4.39. The Morgan fingerprint density at radius 1 is 1.15 bits per heavy atom. The Bertz CT molecular complexity index is 1150. The molecule has 134 valence electrons. The zero-order valence-corrected chi connectivity index (χ0v) is 14.8. The third kappa shape index (κ3) is 3.32. The second-order valence-corrected chi connectivity index (χ2v) is 6.30. The van der Waals surface area contributed by atoms with Crippen molar-refractivity contribution in [2.75, 3.05) is 11.1 Å². The predicted octanol–water partition coefficient (Wildman–Crippen LogP) is 3.91. The number of H-pyrrole nitrogens is 1. The van der Waals surface area contributed by atoms with Crippen LogP contribution in [0.5, 0.6) is 0 Å². The lowest BCUT2D eigenvalue weighted by atomic mass is 10.1. The summed E-state index contributed by atoms with van der Waals surface area (Å²) in [6.45, 7) is 0. The maximum absolute atomic E-state index is 12.6. The number of nitrogens with one attached hydrogen (secondary N) is 2. The summed E-state index contributed by atoms with van der Waals surface area (Å²) in [6.07, 6.45) is 5.59. The van der Waals surface area contributed by atoms with Gasteiger partial charge in [0.25, 0.3) is 5.91 Å². The monoisotopic (exact) mass is 357 g/mol. The highest BCUT2D eigenvalue weighted by Gasteiger charge is 2.12. The van der Waals surface area contributed by atoms with Gasteiger partial charge in [0, 0.05) is 24.3 Å². The van der Waals surface area contributed by atoms with Crippen molar-refractivity contribution < 1.29 is 4.79 Å². The molecule has 4 N–H and O–H groups in total. The second-order valence-electron chi connectivity index (χ2n) is 6.30. The average Bonchev–Trinajstić information content (AvgIpc) is 3.23. The van der Waals surface area contributed by atoms with Crippen LogP contribution in [0, 0.1) is 0 Å². The molecule has 0 aliphatic heterocycles. The maximum Gasteiger partial charge on any atom is 0.272 e. The van der Waals surface area contributed by atoms with Crippen molar-refractivity contribution in [3.8, 4) is 0 Å². The molecule has 6 nitrogen and oxygen atoms in total. The highest BCUT2D eigenvalue weighted by Crippen LogP contribution is 2.22. The molecule has 2 aromatic carbocycles. The Morgan fingerprint density at radius 2 is 1.93 bits per heavy atom. The lowest BCUT2D eigenvalue weighted by Gasteiger charge is -2.09. The molecule has 0 aliphatic rings. The number of nitrogens with two attached hydrogens (primary N) is 1. The van der Waals surface area contributed by atoms with Gasteiger partial charge >= 0.3 is 0 Å². The normalized spacial score (nSPS) is 11.3. The van der Waals surface area contributed by atoms with Gasteiger partial charge in [0.15, 0.2) is 0 Å². The summed E-state index contributed by atoms with van der Waals surface area (Å²) < 4.78 is 1.71. The molecule has 0 spiro atoms. The topological polar surface area (TPSA) is 88.7 Å². The first-order chi connectivity index (χ1) is 13.1. The molecule has 0 saturated heterocycles. The Balaban J connectivity index is 1.61. The molecular weight excluding hydrogens is 338 g/mol. The van der Waals surface area contributed by atoms with Crippen LogP contribution in [0.1, 0.15) is 21.7 Å². The van der Waals surface area contributed by atoms with Crippen molar-refractivity contribution in [3.63, 3.8) is 0 Å². The van der Waals surface area contributed by atoms with Crippen LogP contribution in [0.15, 0.2) is 60.8 Å². The van der Waals surface area contributed by atoms with Gasteiger partial charge in [-0.1, -0.05) is 42.5 Å². The number of aryl methyl sites for hydroxylation is 1. The number of benzene rings is 2. The van der Waals surface area contributed by atoms with Crippen LogP contribution in [0.2, 0.25) is 0 Å². The minimum absolute atomic E-state index is 0.208. The summed E-state index contributed by atoms with van der Waals surface area (Å²) in [5.74, 6) is -0.208. The average molecular weight is 357 g/mol. The largest absolute Gasteiger partial charge is 0.397 e. The number of nitrogen functional groups attached to an aromatic ring is 1. The van der Waals surface area contributed by atoms with E-state index in [1.807, 2.05) is 60.7 Å². The van der Waals surface area contributed by atoms with Crippen molar-refractivity contribution in [1.82, 2.24) is 14.8 Å². The van der Waals surface area contributed by atoms with E-state index in [9.17, 15) is 4.79 Å². The minimum atomic E-state index is -0.208. The number of amides is 1. The first-order valence-electron chi connectivity index (χ1n) is 8.55. The molecule has 2 aromatic heterocycles. The Kier molecular flexibility index (Phi) is 4.22.